The fraction of sp³-hybridized carbons (Fsp3) is 0.222. The van der Waals surface area contributed by atoms with Gasteiger partial charge in [0.1, 0.15) is 0 Å². The molecule has 5 rings (SSSR count). The third-order valence-electron chi connectivity index (χ3n) is 5.70. The van der Waals surface area contributed by atoms with Crippen LogP contribution in [0.5, 0.6) is 11.5 Å². The number of amides is 1. The number of nitrogens with zero attached hydrogens (tertiary/aromatic N) is 2. The number of hydrogen-bond donors (Lipinski definition) is 1. The van der Waals surface area contributed by atoms with Gasteiger partial charge in [-0.3, -0.25) is 14.2 Å². The lowest BCUT2D eigenvalue weighted by Crippen LogP contribution is -2.30. The quantitative estimate of drug-likeness (QED) is 0.264. The van der Waals surface area contributed by atoms with Crippen LogP contribution in [0.2, 0.25) is 5.02 Å². The van der Waals surface area contributed by atoms with Crippen molar-refractivity contribution in [1.29, 1.82) is 0 Å². The van der Waals surface area contributed by atoms with E-state index in [-0.39, 0.29) is 24.3 Å². The van der Waals surface area contributed by atoms with Crippen LogP contribution in [0, 0.1) is 0 Å². The molecule has 1 aromatic heterocycles. The van der Waals surface area contributed by atoms with Crippen molar-refractivity contribution in [2.24, 2.45) is 0 Å². The highest BCUT2D eigenvalue weighted by atomic mass is 35.5. The van der Waals surface area contributed by atoms with Gasteiger partial charge in [-0.1, -0.05) is 53.7 Å². The van der Waals surface area contributed by atoms with Gasteiger partial charge in [-0.05, 0) is 49.2 Å². The Morgan fingerprint density at radius 2 is 1.83 bits per heavy atom. The molecule has 0 unspecified atom stereocenters. The second-order valence-electron chi connectivity index (χ2n) is 8.71. The number of hydrogen-bond acceptors (Lipinski definition) is 6. The van der Waals surface area contributed by atoms with E-state index in [0.29, 0.717) is 50.4 Å². The molecule has 9 heteroatoms. The number of aromatic nitrogens is 2. The Labute approximate surface area is 217 Å². The second kappa shape index (κ2) is 10.2. The van der Waals surface area contributed by atoms with Gasteiger partial charge in [-0.15, -0.1) is 0 Å². The molecule has 184 valence electrons. The molecule has 1 N–H and O–H groups in total. The predicted molar refractivity (Wildman–Crippen MR) is 141 cm³/mol. The lowest BCUT2D eigenvalue weighted by Gasteiger charge is -2.14. The van der Waals surface area contributed by atoms with Gasteiger partial charge in [0.2, 0.25) is 6.79 Å². The zero-order valence-electron chi connectivity index (χ0n) is 19.8. The lowest BCUT2D eigenvalue weighted by atomic mass is 10.1. The molecule has 0 spiro atoms. The summed E-state index contributed by atoms with van der Waals surface area (Å²) in [5.41, 5.74) is 2.76. The number of thioether (sulfide) groups is 1. The Balaban J connectivity index is 1.51. The molecule has 4 aromatic rings. The van der Waals surface area contributed by atoms with Gasteiger partial charge in [0.15, 0.2) is 16.7 Å². The van der Waals surface area contributed by atoms with Crippen molar-refractivity contribution in [2.45, 2.75) is 37.3 Å². The highest BCUT2D eigenvalue weighted by Crippen LogP contribution is 2.35. The molecule has 36 heavy (non-hydrogen) atoms. The first kappa shape index (κ1) is 24.2. The minimum atomic E-state index is -0.179. The van der Waals surface area contributed by atoms with Crippen molar-refractivity contribution < 1.29 is 14.3 Å². The van der Waals surface area contributed by atoms with Crippen LogP contribution >= 0.6 is 23.4 Å². The monoisotopic (exact) mass is 521 g/mol. The highest BCUT2D eigenvalue weighted by Gasteiger charge is 2.20. The van der Waals surface area contributed by atoms with Gasteiger partial charge in [0.25, 0.3) is 11.5 Å². The van der Waals surface area contributed by atoms with E-state index in [0.717, 1.165) is 11.1 Å². The van der Waals surface area contributed by atoms with Gasteiger partial charge in [-0.2, -0.15) is 0 Å². The fourth-order valence-corrected chi connectivity index (χ4v) is 5.17. The molecule has 3 aromatic carbocycles. The first-order valence-electron chi connectivity index (χ1n) is 11.5. The Morgan fingerprint density at radius 3 is 2.56 bits per heavy atom. The van der Waals surface area contributed by atoms with Crippen LogP contribution in [0.3, 0.4) is 0 Å². The summed E-state index contributed by atoms with van der Waals surface area (Å²) < 4.78 is 12.6. The molecule has 0 atom stereocenters. The normalized spacial score (nSPS) is 12.3. The Bertz CT molecular complexity index is 1500. The zero-order valence-corrected chi connectivity index (χ0v) is 21.4. The molecule has 1 amide bonds. The maximum atomic E-state index is 13.7. The first-order chi connectivity index (χ1) is 17.4. The van der Waals surface area contributed by atoms with Crippen molar-refractivity contribution in [1.82, 2.24) is 14.9 Å². The Morgan fingerprint density at radius 1 is 1.11 bits per heavy atom. The molecular formula is C27H24ClN3O4S. The molecule has 2 heterocycles. The Hall–Kier alpha value is -3.49. The van der Waals surface area contributed by atoms with E-state index in [2.05, 4.69) is 5.32 Å². The van der Waals surface area contributed by atoms with Crippen molar-refractivity contribution >= 4 is 40.2 Å². The van der Waals surface area contributed by atoms with Gasteiger partial charge < -0.3 is 14.8 Å². The van der Waals surface area contributed by atoms with E-state index >= 15 is 0 Å². The standard InChI is InChI=1S/C27H24ClN3O4S/c1-16(2)29-25(32)18-9-7-17(8-10-18)13-31-26(33)20-11-23-24(35-15-34-23)12-22(20)30-27(31)36-14-19-5-3-4-6-21(19)28/h3-12,16H,13-15H2,1-2H3,(H,29,32). The fourth-order valence-electron chi connectivity index (χ4n) is 3.89. The molecule has 0 saturated heterocycles. The number of nitrogens with one attached hydrogen (secondary N) is 1. The van der Waals surface area contributed by atoms with E-state index in [4.69, 9.17) is 26.1 Å². The maximum absolute atomic E-state index is 13.7. The summed E-state index contributed by atoms with van der Waals surface area (Å²) in [6.07, 6.45) is 0. The van der Waals surface area contributed by atoms with Crippen LogP contribution < -0.4 is 20.3 Å². The van der Waals surface area contributed by atoms with Crippen LogP contribution in [0.15, 0.2) is 70.6 Å². The minimum Gasteiger partial charge on any atom is -0.454 e. The van der Waals surface area contributed by atoms with E-state index in [1.54, 1.807) is 28.8 Å². The third kappa shape index (κ3) is 5.05. The van der Waals surface area contributed by atoms with Crippen LogP contribution in [0.4, 0.5) is 0 Å². The van der Waals surface area contributed by atoms with Crippen LogP contribution in [-0.4, -0.2) is 28.3 Å². The average molecular weight is 522 g/mol. The maximum Gasteiger partial charge on any atom is 0.262 e. The summed E-state index contributed by atoms with van der Waals surface area (Å²) in [7, 11) is 0. The van der Waals surface area contributed by atoms with Crippen LogP contribution in [0.25, 0.3) is 10.9 Å². The number of carbonyl (C=O) groups is 1. The summed E-state index contributed by atoms with van der Waals surface area (Å²) in [5, 5.41) is 4.56. The van der Waals surface area contributed by atoms with Crippen LogP contribution in [-0.2, 0) is 12.3 Å². The summed E-state index contributed by atoms with van der Waals surface area (Å²) in [6, 6.07) is 18.3. The Kier molecular flexibility index (Phi) is 6.89. The first-order valence-corrected chi connectivity index (χ1v) is 12.9. The van der Waals surface area contributed by atoms with Gasteiger partial charge in [0.05, 0.1) is 17.4 Å². The second-order valence-corrected chi connectivity index (χ2v) is 10.1. The third-order valence-corrected chi connectivity index (χ3v) is 7.10. The van der Waals surface area contributed by atoms with Gasteiger partial charge in [-0.25, -0.2) is 4.98 Å². The molecule has 0 radical (unpaired) electrons. The molecule has 0 aliphatic carbocycles. The number of rotatable bonds is 7. The lowest BCUT2D eigenvalue weighted by molar-refractivity contribution is 0.0943. The summed E-state index contributed by atoms with van der Waals surface area (Å²) in [6.45, 7) is 4.25. The predicted octanol–water partition coefficient (Wildman–Crippen LogP) is 5.26. The molecule has 7 nitrogen and oxygen atoms in total. The summed E-state index contributed by atoms with van der Waals surface area (Å²) in [5.74, 6) is 1.53. The van der Waals surface area contributed by atoms with Gasteiger partial charge in [0, 0.05) is 28.4 Å². The number of benzene rings is 3. The number of halogens is 1. The highest BCUT2D eigenvalue weighted by molar-refractivity contribution is 7.98. The average Bonchev–Trinajstić information content (AvgIpc) is 3.32. The SMILES string of the molecule is CC(C)NC(=O)c1ccc(Cn2c(SCc3ccccc3Cl)nc3cc4c(cc3c2=O)OCO4)cc1. The molecule has 1 aliphatic rings. The topological polar surface area (TPSA) is 82.5 Å². The zero-order chi connectivity index (χ0) is 25.2. The smallest absolute Gasteiger partial charge is 0.262 e. The largest absolute Gasteiger partial charge is 0.454 e. The molecule has 0 bridgehead atoms. The van der Waals surface area contributed by atoms with Crippen LogP contribution in [0.1, 0.15) is 35.3 Å². The van der Waals surface area contributed by atoms with Crippen molar-refractivity contribution in [3.05, 3.63) is 92.7 Å². The van der Waals surface area contributed by atoms with Gasteiger partial charge >= 0.3 is 0 Å². The number of fused-ring (bicyclic) bond motifs is 2. The minimum absolute atomic E-state index is 0.0490. The molecule has 0 saturated carbocycles. The summed E-state index contributed by atoms with van der Waals surface area (Å²) in [4.78, 5) is 30.8. The molecule has 0 fully saturated rings. The number of carbonyl (C=O) groups excluding carboxylic acids is 1. The van der Waals surface area contributed by atoms with E-state index < -0.39 is 0 Å². The van der Waals surface area contributed by atoms with E-state index in [1.807, 2.05) is 50.2 Å². The molecular weight excluding hydrogens is 498 g/mol. The van der Waals surface area contributed by atoms with Crippen molar-refractivity contribution in [3.63, 3.8) is 0 Å². The summed E-state index contributed by atoms with van der Waals surface area (Å²) >= 11 is 7.80. The molecule has 1 aliphatic heterocycles. The van der Waals surface area contributed by atoms with Crippen molar-refractivity contribution in [3.8, 4) is 11.5 Å². The van der Waals surface area contributed by atoms with Crippen molar-refractivity contribution in [2.75, 3.05) is 6.79 Å². The number of ether oxygens (including phenoxy) is 2. The van der Waals surface area contributed by atoms with E-state index in [9.17, 15) is 9.59 Å². The van der Waals surface area contributed by atoms with E-state index in [1.165, 1.54) is 11.8 Å².